The Hall–Kier alpha value is -2.32. The number of carbonyl (C=O) groups excluding carboxylic acids is 2. The van der Waals surface area contributed by atoms with Gasteiger partial charge >= 0.3 is 6.09 Å². The molecule has 8 nitrogen and oxygen atoms in total. The second-order valence-electron chi connectivity index (χ2n) is 6.57. The highest BCUT2D eigenvalue weighted by atomic mass is 16.6. The Morgan fingerprint density at radius 2 is 1.88 bits per heavy atom. The molecule has 2 saturated heterocycles. The van der Waals surface area contributed by atoms with Crippen LogP contribution in [0.25, 0.3) is 0 Å². The maximum atomic E-state index is 12.2. The summed E-state index contributed by atoms with van der Waals surface area (Å²) in [7, 11) is 4.78. The summed E-state index contributed by atoms with van der Waals surface area (Å²) in [5.74, 6) is 0. The van der Waals surface area contributed by atoms with E-state index in [1.807, 2.05) is 30.3 Å². The third-order valence-corrected chi connectivity index (χ3v) is 4.47. The van der Waals surface area contributed by atoms with Crippen LogP contribution < -0.4 is 11.3 Å². The van der Waals surface area contributed by atoms with Gasteiger partial charge in [0.1, 0.15) is 18.4 Å². The van der Waals surface area contributed by atoms with Gasteiger partial charge in [-0.05, 0) is 24.9 Å². The first-order valence-corrected chi connectivity index (χ1v) is 8.30. The molecule has 1 aromatic carbocycles. The van der Waals surface area contributed by atoms with Gasteiger partial charge < -0.3 is 20.0 Å². The summed E-state index contributed by atoms with van der Waals surface area (Å²) in [5.41, 5.74) is 10.4. The molecule has 0 radical (unpaired) electrons. The van der Waals surface area contributed by atoms with E-state index < -0.39 is 11.6 Å². The van der Waals surface area contributed by atoms with Crippen LogP contribution in [-0.2, 0) is 20.9 Å². The second-order valence-corrected chi connectivity index (χ2v) is 6.57. The molecule has 3 fully saturated rings. The van der Waals surface area contributed by atoms with Crippen molar-refractivity contribution in [1.82, 2.24) is 4.90 Å². The van der Waals surface area contributed by atoms with E-state index in [4.69, 9.17) is 10.5 Å². The molecule has 0 aromatic heterocycles. The van der Waals surface area contributed by atoms with Crippen molar-refractivity contribution in [2.45, 2.75) is 25.0 Å². The lowest BCUT2D eigenvalue weighted by Gasteiger charge is -2.42. The maximum Gasteiger partial charge on any atom is 0.410 e. The largest absolute Gasteiger partial charge is 0.445 e. The average Bonchev–Trinajstić information content (AvgIpc) is 3.13. The Balaban J connectivity index is 0.000000499. The Morgan fingerprint density at radius 1 is 1.35 bits per heavy atom. The van der Waals surface area contributed by atoms with Gasteiger partial charge in [0, 0.05) is 26.2 Å². The molecule has 1 amide bonds. The summed E-state index contributed by atoms with van der Waals surface area (Å²) in [5, 5.41) is 3.00. The highest BCUT2D eigenvalue weighted by Gasteiger charge is 2.66. The molecular weight excluding hydrogens is 336 g/mol. The smallest absolute Gasteiger partial charge is 0.410 e. The molecule has 0 spiro atoms. The molecular formula is C18H29N4O4+. The monoisotopic (exact) mass is 365 g/mol. The normalized spacial score (nSPS) is 24.8. The van der Waals surface area contributed by atoms with Crippen molar-refractivity contribution >= 4 is 12.4 Å². The first kappa shape index (κ1) is 21.7. The highest BCUT2D eigenvalue weighted by molar-refractivity contribution is 5.80. The number of hydrogen-bond donors (Lipinski definition) is 2. The Morgan fingerprint density at radius 3 is 2.35 bits per heavy atom. The molecule has 2 heterocycles. The summed E-state index contributed by atoms with van der Waals surface area (Å²) in [4.78, 5) is 25.1. The Bertz CT molecular complexity index is 588. The number of hydrogen-bond acceptors (Lipinski definition) is 6. The number of aldehydes is 1. The predicted molar refractivity (Wildman–Crippen MR) is 96.1 cm³/mol. The lowest BCUT2D eigenvalue weighted by molar-refractivity contribution is -0.216. The molecule has 26 heavy (non-hydrogen) atoms. The molecule has 2 aliphatic heterocycles. The van der Waals surface area contributed by atoms with Crippen LogP contribution in [0.2, 0.25) is 0 Å². The number of amides is 1. The van der Waals surface area contributed by atoms with Gasteiger partial charge in [0.2, 0.25) is 0 Å². The van der Waals surface area contributed by atoms with Gasteiger partial charge in [0.15, 0.2) is 0 Å². The first-order chi connectivity index (χ1) is 12.5. The number of ether oxygens (including phenoxy) is 2. The van der Waals surface area contributed by atoms with E-state index in [1.165, 1.54) is 7.05 Å². The van der Waals surface area contributed by atoms with E-state index in [0.29, 0.717) is 25.9 Å². The lowest BCUT2D eigenvalue weighted by atomic mass is 9.62. The first-order valence-electron chi connectivity index (χ1n) is 8.30. The van der Waals surface area contributed by atoms with Crippen molar-refractivity contribution in [2.24, 2.45) is 16.3 Å². The zero-order valence-electron chi connectivity index (χ0n) is 15.7. The van der Waals surface area contributed by atoms with Crippen LogP contribution in [0.4, 0.5) is 4.79 Å². The highest BCUT2D eigenvalue weighted by Crippen LogP contribution is 2.57. The number of carbonyl (C=O) groups is 2. The van der Waals surface area contributed by atoms with Gasteiger partial charge in [-0.1, -0.05) is 35.4 Å². The zero-order chi connectivity index (χ0) is 19.6. The molecule has 8 heteroatoms. The van der Waals surface area contributed by atoms with E-state index in [2.05, 4.69) is 15.4 Å². The van der Waals surface area contributed by atoms with Crippen LogP contribution in [0, 0.1) is 5.41 Å². The number of fused-ring (bicyclic) bond motifs is 1. The van der Waals surface area contributed by atoms with Crippen LogP contribution in [-0.4, -0.2) is 57.2 Å². The molecule has 3 aliphatic rings. The maximum absolute atomic E-state index is 12.2. The van der Waals surface area contributed by atoms with Crippen LogP contribution >= 0.6 is 0 Å². The third-order valence-electron chi connectivity index (χ3n) is 4.47. The third kappa shape index (κ3) is 4.86. The van der Waals surface area contributed by atoms with Crippen molar-refractivity contribution in [3.63, 3.8) is 0 Å². The number of methoxy groups -OCH3 is 1. The Labute approximate surface area is 154 Å². The van der Waals surface area contributed by atoms with Crippen LogP contribution in [0.3, 0.4) is 0 Å². The number of nitrogens with zero attached hydrogens (tertiary/aromatic N) is 2. The summed E-state index contributed by atoms with van der Waals surface area (Å²) in [6, 6.07) is 9.49. The summed E-state index contributed by atoms with van der Waals surface area (Å²) in [6.45, 7) is 1.25. The van der Waals surface area contributed by atoms with Crippen molar-refractivity contribution in [1.29, 1.82) is 0 Å². The van der Waals surface area contributed by atoms with E-state index in [1.54, 1.807) is 19.1 Å². The van der Waals surface area contributed by atoms with E-state index in [0.717, 1.165) is 11.8 Å². The zero-order valence-corrected chi connectivity index (χ0v) is 15.7. The minimum atomic E-state index is -0.673. The fourth-order valence-electron chi connectivity index (χ4n) is 3.44. The van der Waals surface area contributed by atoms with E-state index >= 15 is 0 Å². The molecule has 2 bridgehead atoms. The molecule has 0 atom stereocenters. The predicted octanol–water partition coefficient (Wildman–Crippen LogP) is 0.406. The topological polar surface area (TPSA) is 120 Å². The fraction of sp³-hybridized carbons (Fsp3) is 0.556. The van der Waals surface area contributed by atoms with Gasteiger partial charge in [-0.2, -0.15) is 5.53 Å². The van der Waals surface area contributed by atoms with Gasteiger partial charge in [0.25, 0.3) is 0 Å². The second kappa shape index (κ2) is 9.98. The van der Waals surface area contributed by atoms with Crippen molar-refractivity contribution in [3.05, 3.63) is 35.9 Å². The van der Waals surface area contributed by atoms with Crippen LogP contribution in [0.1, 0.15) is 18.4 Å². The lowest BCUT2D eigenvalue weighted by Crippen LogP contribution is -2.53. The Kier molecular flexibility index (Phi) is 8.34. The quantitative estimate of drug-likeness (QED) is 0.591. The minimum absolute atomic E-state index is 0.0767. The van der Waals surface area contributed by atoms with Gasteiger partial charge in [-0.3, -0.25) is 4.90 Å². The van der Waals surface area contributed by atoms with Crippen molar-refractivity contribution < 1.29 is 24.6 Å². The van der Waals surface area contributed by atoms with E-state index in [9.17, 15) is 9.59 Å². The summed E-state index contributed by atoms with van der Waals surface area (Å²) >= 11 is 0. The molecule has 0 unspecified atom stereocenters. The molecule has 144 valence electrons. The molecule has 1 aromatic rings. The molecule has 4 N–H and O–H groups in total. The fourth-order valence-corrected chi connectivity index (χ4v) is 3.44. The molecule has 4 rings (SSSR count). The van der Waals surface area contributed by atoms with Crippen LogP contribution in [0.5, 0.6) is 0 Å². The molecule has 1 saturated carbocycles. The SMILES string of the molecule is CN=[NH2+].COC.NCC12CN(C(=O)OCc3ccccc3)C(C=O)(C1)C2. The summed E-state index contributed by atoms with van der Waals surface area (Å²) in [6.07, 6.45) is 1.78. The van der Waals surface area contributed by atoms with Gasteiger partial charge in [-0.25, -0.2) is 4.79 Å². The van der Waals surface area contributed by atoms with Crippen LogP contribution in [0.15, 0.2) is 35.4 Å². The van der Waals surface area contributed by atoms with Gasteiger partial charge in [0.05, 0.1) is 7.05 Å². The average molecular weight is 365 g/mol. The van der Waals surface area contributed by atoms with Crippen molar-refractivity contribution in [3.8, 4) is 0 Å². The standard InChI is InChI=1S/C15H18N2O3.C2H6O.CH4N2/c16-9-14-7-15(8-14,11-18)17(10-14)13(19)20-6-12-4-2-1-3-5-12;2*1-3-2/h1-5,11H,6-10,16H2;1-2H3;2H,1H3/p+1. The minimum Gasteiger partial charge on any atom is -0.445 e. The van der Waals surface area contributed by atoms with E-state index in [-0.39, 0.29) is 12.0 Å². The van der Waals surface area contributed by atoms with Gasteiger partial charge in [-0.15, -0.1) is 0 Å². The molecule has 1 aliphatic carbocycles. The number of rotatable bonds is 4. The number of nitrogens with two attached hydrogens (primary N) is 2. The van der Waals surface area contributed by atoms with Crippen molar-refractivity contribution in [2.75, 3.05) is 34.4 Å². The summed E-state index contributed by atoms with van der Waals surface area (Å²) < 4.78 is 9.56. The number of benzene rings is 1.